The van der Waals surface area contributed by atoms with Crippen molar-refractivity contribution in [2.75, 3.05) is 5.32 Å². The zero-order valence-corrected chi connectivity index (χ0v) is 26.5. The van der Waals surface area contributed by atoms with Gasteiger partial charge < -0.3 is 10.4 Å². The maximum absolute atomic E-state index is 13.9. The minimum absolute atomic E-state index is 0.0414. The van der Waals surface area contributed by atoms with Gasteiger partial charge in [0, 0.05) is 53.1 Å². The molecule has 0 saturated heterocycles. The van der Waals surface area contributed by atoms with E-state index in [9.17, 15) is 14.3 Å². The largest absolute Gasteiger partial charge is 0.374 e. The molecule has 5 heterocycles. The molecule has 0 radical (unpaired) electrons. The first-order valence-corrected chi connectivity index (χ1v) is 15.7. The Bertz CT molecular complexity index is 2120. The molecule has 0 spiro atoms. The predicted molar refractivity (Wildman–Crippen MR) is 179 cm³/mol. The zero-order chi connectivity index (χ0) is 32.7. The molecule has 1 aliphatic heterocycles. The average Bonchev–Trinajstić information content (AvgIpc) is 3.70. The van der Waals surface area contributed by atoms with E-state index in [-0.39, 0.29) is 23.3 Å². The fourth-order valence-electron chi connectivity index (χ4n) is 6.15. The first-order chi connectivity index (χ1) is 22.7. The summed E-state index contributed by atoms with van der Waals surface area (Å²) in [7, 11) is 1.85. The van der Waals surface area contributed by atoms with E-state index in [1.165, 1.54) is 18.2 Å². The molecule has 6 aromatic rings. The number of aromatic nitrogens is 7. The second-order valence-electron chi connectivity index (χ2n) is 11.9. The highest BCUT2D eigenvalue weighted by Crippen LogP contribution is 2.35. The molecule has 47 heavy (non-hydrogen) atoms. The Kier molecular flexibility index (Phi) is 8.17. The smallest absolute Gasteiger partial charge is 0.254 e. The van der Waals surface area contributed by atoms with E-state index < -0.39 is 6.23 Å². The highest BCUT2D eigenvalue weighted by molar-refractivity contribution is 6.31. The predicted octanol–water partition coefficient (Wildman–Crippen LogP) is 6.49. The van der Waals surface area contributed by atoms with E-state index >= 15 is 0 Å². The minimum atomic E-state index is -0.754. The molecule has 0 saturated carbocycles. The Labute approximate surface area is 275 Å². The van der Waals surface area contributed by atoms with Gasteiger partial charge in [-0.05, 0) is 66.9 Å². The van der Waals surface area contributed by atoms with Crippen LogP contribution in [0.1, 0.15) is 37.9 Å². The highest BCUT2D eigenvalue weighted by Gasteiger charge is 2.24. The van der Waals surface area contributed by atoms with Crippen LogP contribution in [0.15, 0.2) is 96.6 Å². The van der Waals surface area contributed by atoms with Crippen LogP contribution in [0.25, 0.3) is 39.3 Å². The van der Waals surface area contributed by atoms with E-state index in [4.69, 9.17) is 21.6 Å². The number of fused-ring (bicyclic) bond motifs is 4. The quantitative estimate of drug-likeness (QED) is 0.224. The third-order valence-corrected chi connectivity index (χ3v) is 8.96. The van der Waals surface area contributed by atoms with Crippen molar-refractivity contribution in [1.29, 1.82) is 0 Å². The standard InChI is InChI=1S/C35H32ClFN8O2/c1-21-4-3-5-32(30-14-22(12-13-38-30)34-31(42-35(21)47)18-40-43(34)2)44-20-39-29(16-33(44)46)28-15-24(36)6-11-27(28)23-17-41-45(19-23)26-9-7-25(37)8-10-26/h6-21,32,35,42,47H,3-5H2,1-2H3/t21-,32+,35?/m1/s1. The summed E-state index contributed by atoms with van der Waals surface area (Å²) in [5, 5.41) is 23.5. The molecule has 2 aromatic carbocycles. The Morgan fingerprint density at radius 1 is 0.957 bits per heavy atom. The van der Waals surface area contributed by atoms with Crippen molar-refractivity contribution in [2.24, 2.45) is 13.0 Å². The molecule has 1 aliphatic rings. The van der Waals surface area contributed by atoms with E-state index in [0.29, 0.717) is 28.4 Å². The number of halogens is 2. The summed E-state index contributed by atoms with van der Waals surface area (Å²) < 4.78 is 18.5. The summed E-state index contributed by atoms with van der Waals surface area (Å²) in [5.74, 6) is -0.365. The number of aliphatic hydroxyl groups excluding tert-OH is 1. The van der Waals surface area contributed by atoms with Gasteiger partial charge in [-0.1, -0.05) is 31.0 Å². The summed E-state index contributed by atoms with van der Waals surface area (Å²) in [6, 6.07) is 16.5. The Balaban J connectivity index is 1.27. The minimum Gasteiger partial charge on any atom is -0.374 e. The van der Waals surface area contributed by atoms with Crippen molar-refractivity contribution >= 4 is 17.3 Å². The van der Waals surface area contributed by atoms with Crippen molar-refractivity contribution in [3.8, 4) is 39.3 Å². The fourth-order valence-corrected chi connectivity index (χ4v) is 6.33. The van der Waals surface area contributed by atoms with Gasteiger partial charge >= 0.3 is 0 Å². The lowest BCUT2D eigenvalue weighted by Gasteiger charge is -2.25. The molecule has 2 bridgehead atoms. The first-order valence-electron chi connectivity index (χ1n) is 15.4. The molecule has 238 valence electrons. The molecule has 0 amide bonds. The summed E-state index contributed by atoms with van der Waals surface area (Å²) in [5.41, 5.74) is 6.34. The molecule has 1 unspecified atom stereocenters. The fraction of sp³-hybridized carbons (Fsp3) is 0.229. The van der Waals surface area contributed by atoms with Gasteiger partial charge in [0.05, 0.1) is 53.2 Å². The van der Waals surface area contributed by atoms with Gasteiger partial charge in [0.25, 0.3) is 5.56 Å². The van der Waals surface area contributed by atoms with Crippen molar-refractivity contribution in [3.63, 3.8) is 0 Å². The van der Waals surface area contributed by atoms with Gasteiger partial charge in [-0.25, -0.2) is 14.1 Å². The van der Waals surface area contributed by atoms with Crippen LogP contribution < -0.4 is 10.9 Å². The van der Waals surface area contributed by atoms with Crippen molar-refractivity contribution < 1.29 is 9.50 Å². The number of aryl methyl sites for hydroxylation is 1. The Morgan fingerprint density at radius 2 is 1.79 bits per heavy atom. The van der Waals surface area contributed by atoms with Gasteiger partial charge in [0.15, 0.2) is 0 Å². The second kappa shape index (κ2) is 12.6. The van der Waals surface area contributed by atoms with Crippen LogP contribution in [-0.4, -0.2) is 45.4 Å². The van der Waals surface area contributed by atoms with E-state index in [0.717, 1.165) is 46.6 Å². The number of aliphatic hydroxyl groups is 1. The topological polar surface area (TPSA) is 116 Å². The van der Waals surface area contributed by atoms with Crippen LogP contribution in [0.2, 0.25) is 5.02 Å². The number of anilines is 1. The monoisotopic (exact) mass is 650 g/mol. The van der Waals surface area contributed by atoms with Gasteiger partial charge in [-0.2, -0.15) is 10.2 Å². The number of pyridine rings is 1. The normalized spacial score (nSPS) is 18.1. The van der Waals surface area contributed by atoms with Crippen molar-refractivity contribution in [1.82, 2.24) is 34.1 Å². The number of rotatable bonds is 4. The van der Waals surface area contributed by atoms with Crippen LogP contribution in [-0.2, 0) is 7.05 Å². The molecule has 7 rings (SSSR count). The van der Waals surface area contributed by atoms with Gasteiger partial charge in [0.1, 0.15) is 12.0 Å². The Hall–Kier alpha value is -5.13. The van der Waals surface area contributed by atoms with Gasteiger partial charge in [-0.3, -0.25) is 19.0 Å². The summed E-state index contributed by atoms with van der Waals surface area (Å²) in [6.07, 6.45) is 9.92. The maximum atomic E-state index is 13.9. The molecule has 10 nitrogen and oxygen atoms in total. The third-order valence-electron chi connectivity index (χ3n) is 8.73. The first kappa shape index (κ1) is 30.5. The lowest BCUT2D eigenvalue weighted by atomic mass is 9.96. The van der Waals surface area contributed by atoms with Crippen molar-refractivity contribution in [2.45, 2.75) is 38.5 Å². The number of hydrogen-bond acceptors (Lipinski definition) is 7. The summed E-state index contributed by atoms with van der Waals surface area (Å²) >= 11 is 6.44. The van der Waals surface area contributed by atoms with E-state index in [1.54, 1.807) is 63.1 Å². The second-order valence-corrected chi connectivity index (χ2v) is 12.3. The van der Waals surface area contributed by atoms with Crippen LogP contribution in [0.4, 0.5) is 10.1 Å². The van der Waals surface area contributed by atoms with Crippen LogP contribution >= 0.6 is 11.6 Å². The number of hydrogen-bond donors (Lipinski definition) is 2. The SMILES string of the molecule is C[C@@H]1CCC[C@H](n2cnc(-c3cc(Cl)ccc3-c3cnn(-c4ccc(F)cc4)c3)cc2=O)c2cc(ccn2)-c2c(cnn2C)NC1O. The molecule has 3 atom stereocenters. The molecule has 12 heteroatoms. The average molecular weight is 651 g/mol. The summed E-state index contributed by atoms with van der Waals surface area (Å²) in [4.78, 5) is 23.4. The van der Waals surface area contributed by atoms with E-state index in [1.807, 2.05) is 38.4 Å². The van der Waals surface area contributed by atoms with Crippen molar-refractivity contribution in [3.05, 3.63) is 119 Å². The van der Waals surface area contributed by atoms with E-state index in [2.05, 4.69) is 15.5 Å². The molecular weight excluding hydrogens is 619 g/mol. The molecular formula is C35H32ClFN8O2. The molecule has 0 aliphatic carbocycles. The van der Waals surface area contributed by atoms with Crippen LogP contribution in [0, 0.1) is 11.7 Å². The zero-order valence-electron chi connectivity index (χ0n) is 25.8. The maximum Gasteiger partial charge on any atom is 0.254 e. The number of benzene rings is 2. The lowest BCUT2D eigenvalue weighted by Crippen LogP contribution is -2.29. The highest BCUT2D eigenvalue weighted by atomic mass is 35.5. The number of nitrogens with zero attached hydrogens (tertiary/aromatic N) is 7. The molecule has 2 N–H and O–H groups in total. The number of nitrogens with one attached hydrogen (secondary N) is 1. The lowest BCUT2D eigenvalue weighted by molar-refractivity contribution is 0.136. The summed E-state index contributed by atoms with van der Waals surface area (Å²) in [6.45, 7) is 2.00. The molecule has 4 aromatic heterocycles. The van der Waals surface area contributed by atoms with Crippen LogP contribution in [0.3, 0.4) is 0 Å². The van der Waals surface area contributed by atoms with Crippen LogP contribution in [0.5, 0.6) is 0 Å². The third kappa shape index (κ3) is 6.07. The van der Waals surface area contributed by atoms with Gasteiger partial charge in [0.2, 0.25) is 0 Å². The Morgan fingerprint density at radius 3 is 2.60 bits per heavy atom. The molecule has 0 fully saturated rings. The van der Waals surface area contributed by atoms with Gasteiger partial charge in [-0.15, -0.1) is 0 Å².